The molecular formula is C20H22ClNO4. The van der Waals surface area contributed by atoms with Crippen molar-refractivity contribution in [3.8, 4) is 11.1 Å². The summed E-state index contributed by atoms with van der Waals surface area (Å²) in [5, 5.41) is 0. The summed E-state index contributed by atoms with van der Waals surface area (Å²) in [5.41, 5.74) is 10.3. The van der Waals surface area contributed by atoms with E-state index in [-0.39, 0.29) is 24.9 Å². The van der Waals surface area contributed by atoms with E-state index in [0.717, 1.165) is 11.1 Å². The summed E-state index contributed by atoms with van der Waals surface area (Å²) in [6.45, 7) is 1.78. The molecule has 0 spiro atoms. The Labute approximate surface area is 158 Å². The second kappa shape index (κ2) is 8.34. The SMILES string of the molecule is COC(=O)[C@@H](N)[C@@H](C)C(=O)OCC1c2ccccc2-c2ccccc21.Cl. The first kappa shape index (κ1) is 19.9. The molecule has 2 N–H and O–H groups in total. The monoisotopic (exact) mass is 375 g/mol. The van der Waals surface area contributed by atoms with Gasteiger partial charge in [0.1, 0.15) is 12.6 Å². The van der Waals surface area contributed by atoms with Crippen LogP contribution in [0.3, 0.4) is 0 Å². The van der Waals surface area contributed by atoms with Crippen molar-refractivity contribution >= 4 is 24.3 Å². The van der Waals surface area contributed by atoms with Gasteiger partial charge in [-0.3, -0.25) is 9.59 Å². The van der Waals surface area contributed by atoms with Crippen molar-refractivity contribution in [3.63, 3.8) is 0 Å². The van der Waals surface area contributed by atoms with E-state index in [1.54, 1.807) is 6.92 Å². The maximum Gasteiger partial charge on any atom is 0.323 e. The Morgan fingerprint density at radius 2 is 1.50 bits per heavy atom. The summed E-state index contributed by atoms with van der Waals surface area (Å²) < 4.78 is 10.1. The highest BCUT2D eigenvalue weighted by Gasteiger charge is 2.32. The van der Waals surface area contributed by atoms with Crippen LogP contribution in [0.5, 0.6) is 0 Å². The number of hydrogen-bond donors (Lipinski definition) is 1. The van der Waals surface area contributed by atoms with Crippen LogP contribution in [0.1, 0.15) is 24.0 Å². The third kappa shape index (κ3) is 3.59. The van der Waals surface area contributed by atoms with Gasteiger partial charge in [-0.2, -0.15) is 0 Å². The predicted octanol–water partition coefficient (Wildman–Crippen LogP) is 2.90. The van der Waals surface area contributed by atoms with Gasteiger partial charge in [-0.25, -0.2) is 0 Å². The average molecular weight is 376 g/mol. The smallest absolute Gasteiger partial charge is 0.323 e. The lowest BCUT2D eigenvalue weighted by atomic mass is 9.98. The van der Waals surface area contributed by atoms with Crippen LogP contribution in [0.15, 0.2) is 48.5 Å². The molecule has 2 atom stereocenters. The normalized spacial score (nSPS) is 14.4. The Hall–Kier alpha value is -2.37. The zero-order chi connectivity index (χ0) is 18.0. The number of carbonyl (C=O) groups excluding carboxylic acids is 2. The van der Waals surface area contributed by atoms with E-state index in [9.17, 15) is 9.59 Å². The van der Waals surface area contributed by atoms with Crippen molar-refractivity contribution in [2.45, 2.75) is 18.9 Å². The van der Waals surface area contributed by atoms with Gasteiger partial charge in [-0.15, -0.1) is 12.4 Å². The fourth-order valence-electron chi connectivity index (χ4n) is 3.22. The van der Waals surface area contributed by atoms with Gasteiger partial charge in [0.05, 0.1) is 13.0 Å². The maximum absolute atomic E-state index is 12.3. The van der Waals surface area contributed by atoms with Crippen LogP contribution in [-0.4, -0.2) is 31.7 Å². The van der Waals surface area contributed by atoms with Crippen LogP contribution in [-0.2, 0) is 19.1 Å². The van der Waals surface area contributed by atoms with Crippen molar-refractivity contribution in [1.29, 1.82) is 0 Å². The number of benzene rings is 2. The Kier molecular flexibility index (Phi) is 6.40. The van der Waals surface area contributed by atoms with Crippen LogP contribution >= 0.6 is 12.4 Å². The molecule has 3 rings (SSSR count). The molecule has 0 radical (unpaired) electrons. The van der Waals surface area contributed by atoms with Crippen LogP contribution in [0.25, 0.3) is 11.1 Å². The Morgan fingerprint density at radius 3 is 2.00 bits per heavy atom. The summed E-state index contributed by atoms with van der Waals surface area (Å²) in [6, 6.07) is 15.2. The molecule has 138 valence electrons. The Bertz CT molecular complexity index is 762. The van der Waals surface area contributed by atoms with E-state index in [0.29, 0.717) is 0 Å². The van der Waals surface area contributed by atoms with E-state index in [4.69, 9.17) is 10.5 Å². The molecule has 0 aromatic heterocycles. The molecule has 0 bridgehead atoms. The van der Waals surface area contributed by atoms with E-state index < -0.39 is 23.9 Å². The average Bonchev–Trinajstić information content (AvgIpc) is 2.98. The maximum atomic E-state index is 12.3. The third-order valence-corrected chi connectivity index (χ3v) is 4.74. The highest BCUT2D eigenvalue weighted by molar-refractivity contribution is 5.85. The standard InChI is InChI=1S/C20H21NO4.ClH/c1-12(18(21)20(23)24-2)19(22)25-11-17-15-9-5-3-7-13(15)14-8-4-6-10-16(14)17;/h3-10,12,17-18H,11,21H2,1-2H3;1H/t12-,18+;/m1./s1. The summed E-state index contributed by atoms with van der Waals surface area (Å²) in [5.74, 6) is -1.90. The summed E-state index contributed by atoms with van der Waals surface area (Å²) in [7, 11) is 1.24. The van der Waals surface area contributed by atoms with Crippen molar-refractivity contribution in [2.75, 3.05) is 13.7 Å². The van der Waals surface area contributed by atoms with Gasteiger partial charge in [-0.1, -0.05) is 48.5 Å². The second-order valence-corrected chi connectivity index (χ2v) is 6.19. The van der Waals surface area contributed by atoms with Crippen LogP contribution in [0.4, 0.5) is 0 Å². The van der Waals surface area contributed by atoms with Gasteiger partial charge >= 0.3 is 11.9 Å². The van der Waals surface area contributed by atoms with Crippen LogP contribution in [0.2, 0.25) is 0 Å². The molecular weight excluding hydrogens is 354 g/mol. The topological polar surface area (TPSA) is 78.6 Å². The highest BCUT2D eigenvalue weighted by Crippen LogP contribution is 2.44. The van der Waals surface area contributed by atoms with Gasteiger partial charge in [0.2, 0.25) is 0 Å². The van der Waals surface area contributed by atoms with Gasteiger partial charge in [0.15, 0.2) is 0 Å². The fourth-order valence-corrected chi connectivity index (χ4v) is 3.22. The summed E-state index contributed by atoms with van der Waals surface area (Å²) in [6.07, 6.45) is 0. The third-order valence-electron chi connectivity index (χ3n) is 4.74. The fraction of sp³-hybridized carbons (Fsp3) is 0.300. The van der Waals surface area contributed by atoms with Gasteiger partial charge < -0.3 is 15.2 Å². The molecule has 0 amide bonds. The molecule has 0 saturated heterocycles. The molecule has 2 aromatic carbocycles. The van der Waals surface area contributed by atoms with Crippen LogP contribution in [0, 0.1) is 5.92 Å². The molecule has 0 saturated carbocycles. The largest absolute Gasteiger partial charge is 0.468 e. The number of carbonyl (C=O) groups is 2. The van der Waals surface area contributed by atoms with Crippen molar-refractivity contribution in [1.82, 2.24) is 0 Å². The lowest BCUT2D eigenvalue weighted by molar-refractivity contribution is -0.155. The first-order chi connectivity index (χ1) is 12.0. The number of halogens is 1. The van der Waals surface area contributed by atoms with Crippen LogP contribution < -0.4 is 5.73 Å². The summed E-state index contributed by atoms with van der Waals surface area (Å²) in [4.78, 5) is 23.8. The van der Waals surface area contributed by atoms with Gasteiger partial charge in [-0.05, 0) is 29.2 Å². The Morgan fingerprint density at radius 1 is 1.00 bits per heavy atom. The minimum Gasteiger partial charge on any atom is -0.468 e. The van der Waals surface area contributed by atoms with Crippen molar-refractivity contribution in [2.24, 2.45) is 11.7 Å². The quantitative estimate of drug-likeness (QED) is 0.813. The number of fused-ring (bicyclic) bond motifs is 3. The minimum absolute atomic E-state index is 0. The number of rotatable bonds is 5. The molecule has 5 nitrogen and oxygen atoms in total. The van der Waals surface area contributed by atoms with E-state index in [1.165, 1.54) is 18.2 Å². The number of nitrogens with two attached hydrogens (primary N) is 1. The molecule has 6 heteroatoms. The minimum atomic E-state index is -1.03. The number of methoxy groups -OCH3 is 1. The van der Waals surface area contributed by atoms with Gasteiger partial charge in [0.25, 0.3) is 0 Å². The lowest BCUT2D eigenvalue weighted by Crippen LogP contribution is -2.42. The summed E-state index contributed by atoms with van der Waals surface area (Å²) >= 11 is 0. The number of hydrogen-bond acceptors (Lipinski definition) is 5. The molecule has 0 fully saturated rings. The molecule has 1 aliphatic carbocycles. The molecule has 0 aliphatic heterocycles. The van der Waals surface area contributed by atoms with E-state index in [2.05, 4.69) is 29.0 Å². The molecule has 0 heterocycles. The lowest BCUT2D eigenvalue weighted by Gasteiger charge is -2.19. The van der Waals surface area contributed by atoms with Crippen molar-refractivity contribution < 1.29 is 19.1 Å². The van der Waals surface area contributed by atoms with E-state index >= 15 is 0 Å². The zero-order valence-electron chi connectivity index (χ0n) is 14.7. The predicted molar refractivity (Wildman–Crippen MR) is 101 cm³/mol. The zero-order valence-corrected chi connectivity index (χ0v) is 15.5. The molecule has 1 aliphatic rings. The number of ether oxygens (including phenoxy) is 2. The van der Waals surface area contributed by atoms with Crippen molar-refractivity contribution in [3.05, 3.63) is 59.7 Å². The second-order valence-electron chi connectivity index (χ2n) is 6.19. The first-order valence-electron chi connectivity index (χ1n) is 8.23. The van der Waals surface area contributed by atoms with Gasteiger partial charge in [0, 0.05) is 5.92 Å². The molecule has 0 unspecified atom stereocenters. The molecule has 26 heavy (non-hydrogen) atoms. The highest BCUT2D eigenvalue weighted by atomic mass is 35.5. The first-order valence-corrected chi connectivity index (χ1v) is 8.23. The van der Waals surface area contributed by atoms with E-state index in [1.807, 2.05) is 24.3 Å². The molecule has 2 aromatic rings. The number of esters is 2. The Balaban J connectivity index is 0.00000243.